The third kappa shape index (κ3) is 14.5. The van der Waals surface area contributed by atoms with Crippen molar-refractivity contribution in [3.05, 3.63) is 213 Å². The molecular weight excluding hydrogens is 970 g/mol. The van der Waals surface area contributed by atoms with Gasteiger partial charge in [0.2, 0.25) is 0 Å². The standard InChI is InChI=1S/C28H32N3O2P.C25H24F2N2O2S.C5H6F2/c1-21-28(26(30-32)15-13-22-9-4-2-5-10-22)25-19-23(20-29-17-8-18-33-34)14-16-27(25)31(21)24-11-6-3-7-12-24;1-15(2)25-24(16(3)28-31-18-7-8-21(26)22(27)12-18)20-11-17(14-30)6-9-23(20)29(25)13-19-5-4-10-32-19;1-3-5(7)4(2)6/h2-7,9-12,14,16,19,29,32H,8,13,15,17-18,20,34H2,1H3;4-12,15,30H,13-14H2,1-3H3;3H,2H2,1H3/b30-26+;28-16+;5-3+. The Morgan fingerprint density at radius 2 is 1.53 bits per heavy atom. The number of nitrogens with one attached hydrogen (secondary N) is 1. The maximum atomic E-state index is 13.5. The van der Waals surface area contributed by atoms with Crippen molar-refractivity contribution in [3.63, 3.8) is 0 Å². The van der Waals surface area contributed by atoms with Crippen molar-refractivity contribution in [1.82, 2.24) is 14.5 Å². The van der Waals surface area contributed by atoms with Crippen LogP contribution in [-0.4, -0.2) is 44.0 Å². The van der Waals surface area contributed by atoms with Gasteiger partial charge in [-0.1, -0.05) is 97.5 Å². The normalized spacial score (nSPS) is 12.0. The summed E-state index contributed by atoms with van der Waals surface area (Å²) in [5, 5.41) is 35.4. The number of benzene rings is 5. The van der Waals surface area contributed by atoms with Gasteiger partial charge in [-0.3, -0.25) is 0 Å². The molecule has 0 saturated heterocycles. The highest BCUT2D eigenvalue weighted by Gasteiger charge is 2.24. The molecule has 3 aromatic heterocycles. The molecule has 8 aromatic rings. The largest absolute Gasteiger partial charge is 0.411 e. The molecule has 15 heteroatoms. The molecule has 0 aliphatic rings. The predicted octanol–water partition coefficient (Wildman–Crippen LogP) is 14.8. The van der Waals surface area contributed by atoms with E-state index in [-0.39, 0.29) is 18.3 Å². The minimum Gasteiger partial charge on any atom is -0.411 e. The van der Waals surface area contributed by atoms with Gasteiger partial charge in [0.05, 0.1) is 36.7 Å². The molecular formula is C58H62F4N5O4PS. The number of aryl methyl sites for hydroxylation is 1. The maximum Gasteiger partial charge on any atom is 0.162 e. The molecule has 0 fully saturated rings. The molecule has 0 amide bonds. The minimum atomic E-state index is -1.01. The molecule has 8 rings (SSSR count). The van der Waals surface area contributed by atoms with Crippen LogP contribution in [0.1, 0.15) is 90.5 Å². The second-order valence-electron chi connectivity index (χ2n) is 17.4. The highest BCUT2D eigenvalue weighted by molar-refractivity contribution is 7.10. The first-order valence-electron chi connectivity index (χ1n) is 23.9. The molecule has 5 aromatic carbocycles. The van der Waals surface area contributed by atoms with E-state index < -0.39 is 23.3 Å². The van der Waals surface area contributed by atoms with Crippen LogP contribution in [-0.2, 0) is 30.6 Å². The molecule has 0 aliphatic carbocycles. The second kappa shape index (κ2) is 27.4. The fraction of sp³-hybridized carbons (Fsp3) is 0.241. The first-order valence-corrected chi connectivity index (χ1v) is 25.2. The summed E-state index contributed by atoms with van der Waals surface area (Å²) in [7, 11) is 2.29. The van der Waals surface area contributed by atoms with Gasteiger partial charge >= 0.3 is 0 Å². The number of hydrogen-bond acceptors (Lipinski definition) is 8. The lowest BCUT2D eigenvalue weighted by atomic mass is 9.98. The molecule has 0 spiro atoms. The van der Waals surface area contributed by atoms with E-state index in [1.807, 2.05) is 67.6 Å². The number of aromatic nitrogens is 2. The predicted molar refractivity (Wildman–Crippen MR) is 293 cm³/mol. The molecule has 1 atom stereocenters. The number of aliphatic hydroxyl groups is 1. The molecule has 0 aliphatic heterocycles. The highest BCUT2D eigenvalue weighted by atomic mass is 32.1. The number of para-hydroxylation sites is 1. The number of nitrogens with zero attached hydrogens (tertiary/aromatic N) is 4. The molecule has 3 N–H and O–H groups in total. The summed E-state index contributed by atoms with van der Waals surface area (Å²) in [6, 6.07) is 40.6. The number of allylic oxidation sites excluding steroid dienone is 3. The fourth-order valence-corrected chi connectivity index (χ4v) is 9.44. The molecule has 9 nitrogen and oxygen atoms in total. The van der Waals surface area contributed by atoms with Crippen LogP contribution in [0.3, 0.4) is 0 Å². The number of halogens is 4. The summed E-state index contributed by atoms with van der Waals surface area (Å²) in [5.74, 6) is -3.52. The summed E-state index contributed by atoms with van der Waals surface area (Å²) in [6.07, 6.45) is 3.45. The third-order valence-electron chi connectivity index (χ3n) is 12.0. The Morgan fingerprint density at radius 1 is 0.849 bits per heavy atom. The zero-order valence-electron chi connectivity index (χ0n) is 41.7. The summed E-state index contributed by atoms with van der Waals surface area (Å²) in [5.41, 5.74) is 11.9. The van der Waals surface area contributed by atoms with Crippen LogP contribution in [0, 0.1) is 18.6 Å². The Hall–Kier alpha value is -6.67. The molecule has 382 valence electrons. The van der Waals surface area contributed by atoms with E-state index in [0.717, 1.165) is 113 Å². The topological polar surface area (TPSA) is 106 Å². The first-order chi connectivity index (χ1) is 35.3. The molecule has 0 saturated carbocycles. The Morgan fingerprint density at radius 3 is 2.15 bits per heavy atom. The fourth-order valence-electron chi connectivity index (χ4n) is 8.58. The number of hydrogen-bond donors (Lipinski definition) is 3. The van der Waals surface area contributed by atoms with Gasteiger partial charge in [-0.25, -0.2) is 17.6 Å². The number of thiophene rings is 1. The van der Waals surface area contributed by atoms with E-state index >= 15 is 0 Å². The third-order valence-corrected chi connectivity index (χ3v) is 13.1. The van der Waals surface area contributed by atoms with Crippen LogP contribution in [0.2, 0.25) is 0 Å². The smallest absolute Gasteiger partial charge is 0.162 e. The van der Waals surface area contributed by atoms with Gasteiger partial charge in [0.1, 0.15) is 0 Å². The van der Waals surface area contributed by atoms with E-state index in [1.54, 1.807) is 11.3 Å². The summed E-state index contributed by atoms with van der Waals surface area (Å²) in [6.45, 7) is 15.4. The maximum absolute atomic E-state index is 13.5. The average molecular weight is 1030 g/mol. The van der Waals surface area contributed by atoms with Crippen molar-refractivity contribution < 1.29 is 37.2 Å². The summed E-state index contributed by atoms with van der Waals surface area (Å²) >= 11 is 1.70. The Bertz CT molecular complexity index is 3170. The van der Waals surface area contributed by atoms with Crippen LogP contribution >= 0.6 is 20.8 Å². The highest BCUT2D eigenvalue weighted by Crippen LogP contribution is 2.35. The van der Waals surface area contributed by atoms with E-state index in [0.29, 0.717) is 17.8 Å². The summed E-state index contributed by atoms with van der Waals surface area (Å²) in [4.78, 5) is 6.67. The van der Waals surface area contributed by atoms with E-state index in [1.165, 1.54) is 29.0 Å². The molecule has 3 heterocycles. The van der Waals surface area contributed by atoms with Crippen molar-refractivity contribution in [2.24, 2.45) is 10.3 Å². The van der Waals surface area contributed by atoms with Crippen molar-refractivity contribution >= 4 is 54.0 Å². The van der Waals surface area contributed by atoms with Gasteiger partial charge in [-0.2, -0.15) is 0 Å². The minimum absolute atomic E-state index is 0.0654. The lowest BCUT2D eigenvalue weighted by molar-refractivity contribution is 0.282. The van der Waals surface area contributed by atoms with Gasteiger partial charge in [0, 0.05) is 71.4 Å². The van der Waals surface area contributed by atoms with Crippen molar-refractivity contribution in [1.29, 1.82) is 0 Å². The van der Waals surface area contributed by atoms with E-state index in [2.05, 4.69) is 115 Å². The Kier molecular flexibility index (Phi) is 20.9. The quantitative estimate of drug-likeness (QED) is 0.0142. The lowest BCUT2D eigenvalue weighted by Gasteiger charge is -2.15. The zero-order valence-corrected chi connectivity index (χ0v) is 43.7. The average Bonchev–Trinajstić information content (AvgIpc) is 4.12. The summed E-state index contributed by atoms with van der Waals surface area (Å²) < 4.78 is 59.4. The van der Waals surface area contributed by atoms with Gasteiger partial charge in [0.25, 0.3) is 0 Å². The number of oxime groups is 2. The lowest BCUT2D eigenvalue weighted by Crippen LogP contribution is -2.15. The van der Waals surface area contributed by atoms with Crippen LogP contribution in [0.15, 0.2) is 167 Å². The van der Waals surface area contributed by atoms with Gasteiger partial charge in [-0.15, -0.1) is 11.3 Å². The van der Waals surface area contributed by atoms with Crippen LogP contribution < -0.4 is 10.2 Å². The van der Waals surface area contributed by atoms with Crippen LogP contribution in [0.5, 0.6) is 5.75 Å². The van der Waals surface area contributed by atoms with Crippen molar-refractivity contribution in [3.8, 4) is 11.4 Å². The Labute approximate surface area is 431 Å². The second-order valence-corrected chi connectivity index (χ2v) is 18.8. The molecule has 0 bridgehead atoms. The van der Waals surface area contributed by atoms with Crippen molar-refractivity contribution in [2.75, 3.05) is 13.2 Å². The zero-order chi connectivity index (χ0) is 52.4. The number of fused-ring (bicyclic) bond motifs is 2. The van der Waals surface area contributed by atoms with Crippen molar-refractivity contribution in [2.45, 2.75) is 79.5 Å². The SMILES string of the molecule is C/C(=N\Oc1ccc(F)c(F)c1)c1c(C(C)C)n(Cc2cccs2)c2ccc(CO)cc12.C=C(F)/C(F)=C\C.Cc1c(/C(CCc2ccccc2)=N/O)c2cc(CNCCCOP)ccc2n1-c1ccccc1. The van der Waals surface area contributed by atoms with Crippen LogP contribution in [0.25, 0.3) is 27.5 Å². The van der Waals surface area contributed by atoms with Gasteiger partial charge in [-0.05, 0) is 135 Å². The van der Waals surface area contributed by atoms with Gasteiger partial charge in [0.15, 0.2) is 29.0 Å². The van der Waals surface area contributed by atoms with E-state index in [9.17, 15) is 27.9 Å². The molecule has 0 radical (unpaired) electrons. The molecule has 73 heavy (non-hydrogen) atoms. The van der Waals surface area contributed by atoms with Crippen LogP contribution in [0.4, 0.5) is 17.6 Å². The first kappa shape index (κ1) is 55.6. The Balaban J connectivity index is 0.000000211. The van der Waals surface area contributed by atoms with Gasteiger partial charge < -0.3 is 34.1 Å². The number of rotatable bonds is 19. The molecule has 1 unspecified atom stereocenters. The monoisotopic (exact) mass is 1030 g/mol. The number of aliphatic hydroxyl groups excluding tert-OH is 1. The van der Waals surface area contributed by atoms with E-state index in [4.69, 9.17) is 9.36 Å².